The van der Waals surface area contributed by atoms with E-state index < -0.39 is 18.0 Å². The van der Waals surface area contributed by atoms with Crippen LogP contribution in [0.4, 0.5) is 0 Å². The number of ether oxygens (including phenoxy) is 3. The van der Waals surface area contributed by atoms with Gasteiger partial charge in [0.05, 0.1) is 19.8 Å². The predicted molar refractivity (Wildman–Crippen MR) is 189 cm³/mol. The van der Waals surface area contributed by atoms with E-state index in [9.17, 15) is 19.2 Å². The average molecular weight is 684 g/mol. The van der Waals surface area contributed by atoms with E-state index in [0.29, 0.717) is 43.5 Å². The first-order chi connectivity index (χ1) is 24.2. The van der Waals surface area contributed by atoms with Crippen LogP contribution >= 0.6 is 0 Å². The standard InChI is InChI=1S/C38H45N5O7/c1-5-48-32-18-26(19-33(49-6-2)36(32)50-7-3)22-42(4)37(46)31(20-27-21-39-29-16-12-11-15-28(27)29)41-35(45)24-43-23-34(44)40-30(38(43)47)17-25-13-9-8-10-14-25/h8-16,18-19,21,30-31,39H,5-7,17,20,22-24H2,1-4H3,(H,40,44)(H,41,45). The Morgan fingerprint density at radius 2 is 1.58 bits per heavy atom. The van der Waals surface area contributed by atoms with Crippen molar-refractivity contribution >= 4 is 34.5 Å². The monoisotopic (exact) mass is 683 g/mol. The summed E-state index contributed by atoms with van der Waals surface area (Å²) < 4.78 is 17.6. The van der Waals surface area contributed by atoms with Crippen LogP contribution in [0.15, 0.2) is 72.9 Å². The van der Waals surface area contributed by atoms with Gasteiger partial charge in [-0.05, 0) is 55.7 Å². The molecule has 2 unspecified atom stereocenters. The number of nitrogens with one attached hydrogen (secondary N) is 3. The number of likely N-dealkylation sites (N-methyl/N-ethyl adjacent to an activating group) is 1. The van der Waals surface area contributed by atoms with Crippen LogP contribution in [0.3, 0.4) is 0 Å². The van der Waals surface area contributed by atoms with Crippen molar-refractivity contribution in [1.82, 2.24) is 25.4 Å². The molecule has 0 spiro atoms. The normalized spacial score (nSPS) is 15.0. The summed E-state index contributed by atoms with van der Waals surface area (Å²) in [6.07, 6.45) is 2.33. The molecule has 1 aliphatic rings. The van der Waals surface area contributed by atoms with E-state index in [1.54, 1.807) is 7.05 Å². The molecule has 1 saturated heterocycles. The fourth-order valence-corrected chi connectivity index (χ4v) is 6.18. The third-order valence-electron chi connectivity index (χ3n) is 8.39. The van der Waals surface area contributed by atoms with Crippen LogP contribution in [0.1, 0.15) is 37.5 Å². The third-order valence-corrected chi connectivity index (χ3v) is 8.39. The number of hydrogen-bond acceptors (Lipinski definition) is 7. The summed E-state index contributed by atoms with van der Waals surface area (Å²) in [6, 6.07) is 19.0. The minimum Gasteiger partial charge on any atom is -0.490 e. The number of hydrogen-bond donors (Lipinski definition) is 3. The van der Waals surface area contributed by atoms with Gasteiger partial charge in [0.2, 0.25) is 29.4 Å². The summed E-state index contributed by atoms with van der Waals surface area (Å²) in [6.45, 7) is 6.47. The van der Waals surface area contributed by atoms with Crippen molar-refractivity contribution in [3.05, 3.63) is 89.6 Å². The molecule has 0 aliphatic carbocycles. The number of amides is 4. The highest BCUT2D eigenvalue weighted by atomic mass is 16.5. The Balaban J connectivity index is 1.36. The molecule has 4 amide bonds. The first-order valence-electron chi connectivity index (χ1n) is 17.0. The summed E-state index contributed by atoms with van der Waals surface area (Å²) in [5.74, 6) is -0.0512. The Bertz CT molecular complexity index is 1780. The Morgan fingerprint density at radius 1 is 0.920 bits per heavy atom. The fraction of sp³-hybridized carbons (Fsp3) is 0.368. The van der Waals surface area contributed by atoms with Crippen LogP contribution in [0.25, 0.3) is 10.9 Å². The molecule has 2 atom stereocenters. The number of nitrogens with zero attached hydrogens (tertiary/aromatic N) is 2. The summed E-state index contributed by atoms with van der Waals surface area (Å²) >= 11 is 0. The maximum atomic E-state index is 14.2. The molecular weight excluding hydrogens is 638 g/mol. The van der Waals surface area contributed by atoms with Crippen LogP contribution in [-0.4, -0.2) is 90.5 Å². The zero-order chi connectivity index (χ0) is 35.6. The molecule has 1 aliphatic heterocycles. The second kappa shape index (κ2) is 16.7. The lowest BCUT2D eigenvalue weighted by Gasteiger charge is -2.33. The lowest BCUT2D eigenvalue weighted by atomic mass is 10.0. The van der Waals surface area contributed by atoms with Gasteiger partial charge in [0.15, 0.2) is 11.5 Å². The van der Waals surface area contributed by atoms with E-state index in [-0.39, 0.29) is 43.8 Å². The van der Waals surface area contributed by atoms with Crippen molar-refractivity contribution in [2.75, 3.05) is 40.0 Å². The van der Waals surface area contributed by atoms with E-state index in [0.717, 1.165) is 27.6 Å². The zero-order valence-corrected chi connectivity index (χ0v) is 29.0. The van der Waals surface area contributed by atoms with Gasteiger partial charge in [-0.15, -0.1) is 0 Å². The summed E-state index contributed by atoms with van der Waals surface area (Å²) in [7, 11) is 1.67. The molecule has 5 rings (SSSR count). The topological polar surface area (TPSA) is 142 Å². The Kier molecular flexibility index (Phi) is 12.0. The molecule has 1 aromatic heterocycles. The van der Waals surface area contributed by atoms with E-state index in [1.807, 2.05) is 93.7 Å². The lowest BCUT2D eigenvalue weighted by Crippen LogP contribution is -2.61. The number of carbonyl (C=O) groups is 4. The number of benzene rings is 3. The highest BCUT2D eigenvalue weighted by Crippen LogP contribution is 2.39. The van der Waals surface area contributed by atoms with Gasteiger partial charge in [0.25, 0.3) is 0 Å². The molecule has 0 saturated carbocycles. The zero-order valence-electron chi connectivity index (χ0n) is 29.0. The second-order valence-corrected chi connectivity index (χ2v) is 12.1. The van der Waals surface area contributed by atoms with Gasteiger partial charge in [0.1, 0.15) is 25.2 Å². The van der Waals surface area contributed by atoms with Gasteiger partial charge in [-0.1, -0.05) is 48.5 Å². The number of aromatic amines is 1. The van der Waals surface area contributed by atoms with Crippen LogP contribution in [0.2, 0.25) is 0 Å². The molecule has 4 aromatic rings. The summed E-state index contributed by atoms with van der Waals surface area (Å²) in [5.41, 5.74) is 3.40. The van der Waals surface area contributed by atoms with Crippen LogP contribution < -0.4 is 24.8 Å². The Hall–Kier alpha value is -5.52. The molecule has 50 heavy (non-hydrogen) atoms. The van der Waals surface area contributed by atoms with Crippen molar-refractivity contribution in [2.24, 2.45) is 0 Å². The first kappa shape index (κ1) is 35.8. The smallest absolute Gasteiger partial charge is 0.246 e. The maximum Gasteiger partial charge on any atom is 0.246 e. The van der Waals surface area contributed by atoms with Crippen molar-refractivity contribution in [2.45, 2.75) is 52.2 Å². The number of aromatic nitrogens is 1. The van der Waals surface area contributed by atoms with E-state index >= 15 is 0 Å². The molecule has 3 aromatic carbocycles. The van der Waals surface area contributed by atoms with Gasteiger partial charge < -0.3 is 39.6 Å². The quantitative estimate of drug-likeness (QED) is 0.164. The van der Waals surface area contributed by atoms with Crippen molar-refractivity contribution < 1.29 is 33.4 Å². The minimum absolute atomic E-state index is 0.192. The molecule has 264 valence electrons. The van der Waals surface area contributed by atoms with Crippen LogP contribution in [-0.2, 0) is 38.6 Å². The fourth-order valence-electron chi connectivity index (χ4n) is 6.18. The number of carbonyl (C=O) groups excluding carboxylic acids is 4. The summed E-state index contributed by atoms with van der Waals surface area (Å²) in [5, 5.41) is 6.56. The highest BCUT2D eigenvalue weighted by Gasteiger charge is 2.35. The molecule has 3 N–H and O–H groups in total. The molecule has 12 nitrogen and oxygen atoms in total. The molecule has 0 radical (unpaired) electrons. The number of rotatable bonds is 16. The minimum atomic E-state index is -0.971. The molecule has 2 heterocycles. The van der Waals surface area contributed by atoms with Crippen molar-refractivity contribution in [1.29, 1.82) is 0 Å². The number of fused-ring (bicyclic) bond motifs is 1. The summed E-state index contributed by atoms with van der Waals surface area (Å²) in [4.78, 5) is 59.7. The largest absolute Gasteiger partial charge is 0.490 e. The van der Waals surface area contributed by atoms with Gasteiger partial charge in [-0.25, -0.2) is 0 Å². The van der Waals surface area contributed by atoms with Crippen LogP contribution in [0, 0.1) is 0 Å². The predicted octanol–water partition coefficient (Wildman–Crippen LogP) is 3.62. The van der Waals surface area contributed by atoms with E-state index in [4.69, 9.17) is 14.2 Å². The highest BCUT2D eigenvalue weighted by molar-refractivity contribution is 5.98. The Morgan fingerprint density at radius 3 is 2.26 bits per heavy atom. The first-order valence-corrected chi connectivity index (χ1v) is 17.0. The van der Waals surface area contributed by atoms with Gasteiger partial charge in [-0.2, -0.15) is 0 Å². The van der Waals surface area contributed by atoms with Crippen LogP contribution in [0.5, 0.6) is 17.2 Å². The van der Waals surface area contributed by atoms with Gasteiger partial charge in [-0.3, -0.25) is 19.2 Å². The average Bonchev–Trinajstić information content (AvgIpc) is 3.51. The molecule has 1 fully saturated rings. The van der Waals surface area contributed by atoms with E-state index in [1.165, 1.54) is 9.80 Å². The number of piperazine rings is 1. The SMILES string of the molecule is CCOc1cc(CN(C)C(=O)C(Cc2c[nH]c3ccccc23)NC(=O)CN2CC(=O)NC(Cc3ccccc3)C2=O)cc(OCC)c1OCC. The Labute approximate surface area is 292 Å². The lowest BCUT2D eigenvalue weighted by molar-refractivity contribution is -0.146. The third kappa shape index (κ3) is 8.73. The van der Waals surface area contributed by atoms with Crippen molar-refractivity contribution in [3.8, 4) is 17.2 Å². The second-order valence-electron chi connectivity index (χ2n) is 12.1. The van der Waals surface area contributed by atoms with E-state index in [2.05, 4.69) is 15.6 Å². The molecule has 12 heteroatoms. The molecule has 0 bridgehead atoms. The van der Waals surface area contributed by atoms with Crippen molar-refractivity contribution in [3.63, 3.8) is 0 Å². The van der Waals surface area contributed by atoms with Gasteiger partial charge in [0, 0.05) is 43.5 Å². The maximum absolute atomic E-state index is 14.2. The van der Waals surface area contributed by atoms with Gasteiger partial charge >= 0.3 is 0 Å². The molecular formula is C38H45N5O7. The number of para-hydroxylation sites is 1. The number of H-pyrrole nitrogens is 1.